The van der Waals surface area contributed by atoms with E-state index in [2.05, 4.69) is 34.3 Å². The van der Waals surface area contributed by atoms with Crippen molar-refractivity contribution in [3.63, 3.8) is 0 Å². The second-order valence-electron chi connectivity index (χ2n) is 4.90. The monoisotopic (exact) mass is 294 g/mol. The lowest BCUT2D eigenvalue weighted by Gasteiger charge is -2.00. The molecule has 0 aromatic carbocycles. The van der Waals surface area contributed by atoms with Gasteiger partial charge in [0.15, 0.2) is 11.0 Å². The molecule has 1 N–H and O–H groups in total. The lowest BCUT2D eigenvalue weighted by molar-refractivity contribution is -0.116. The minimum absolute atomic E-state index is 0.0927. The SMILES string of the molecule is Cc1noc(CCC(=O)Nc2nc(C(C)C)c(C)s2)n1. The Bertz CT molecular complexity index is 603. The summed E-state index contributed by atoms with van der Waals surface area (Å²) in [4.78, 5) is 21.5. The molecule has 108 valence electrons. The molecule has 0 saturated carbocycles. The number of anilines is 1. The number of carbonyl (C=O) groups excluding carboxylic acids is 1. The summed E-state index contributed by atoms with van der Waals surface area (Å²) in [5.41, 5.74) is 1.04. The van der Waals surface area contributed by atoms with Gasteiger partial charge in [-0.15, -0.1) is 11.3 Å². The first-order valence-electron chi connectivity index (χ1n) is 6.52. The van der Waals surface area contributed by atoms with Gasteiger partial charge in [0.2, 0.25) is 11.8 Å². The van der Waals surface area contributed by atoms with E-state index in [9.17, 15) is 4.79 Å². The maximum absolute atomic E-state index is 11.8. The number of aromatic nitrogens is 3. The third-order valence-corrected chi connectivity index (χ3v) is 3.66. The number of hydrogen-bond acceptors (Lipinski definition) is 6. The van der Waals surface area contributed by atoms with Crippen LogP contribution in [-0.4, -0.2) is 21.0 Å². The largest absolute Gasteiger partial charge is 0.339 e. The van der Waals surface area contributed by atoms with Gasteiger partial charge >= 0.3 is 0 Å². The van der Waals surface area contributed by atoms with E-state index >= 15 is 0 Å². The normalized spacial score (nSPS) is 11.1. The molecule has 0 saturated heterocycles. The summed E-state index contributed by atoms with van der Waals surface area (Å²) in [7, 11) is 0. The number of nitrogens with zero attached hydrogens (tertiary/aromatic N) is 3. The second kappa shape index (κ2) is 6.13. The summed E-state index contributed by atoms with van der Waals surface area (Å²) in [5, 5.41) is 7.15. The van der Waals surface area contributed by atoms with Gasteiger partial charge in [-0.1, -0.05) is 19.0 Å². The van der Waals surface area contributed by atoms with Crippen molar-refractivity contribution in [2.45, 2.75) is 46.5 Å². The quantitative estimate of drug-likeness (QED) is 0.917. The molecule has 0 aliphatic heterocycles. The lowest BCUT2D eigenvalue weighted by Crippen LogP contribution is -2.12. The number of hydrogen-bond donors (Lipinski definition) is 1. The molecular weight excluding hydrogens is 276 g/mol. The van der Waals surface area contributed by atoms with Gasteiger partial charge in [-0.25, -0.2) is 4.98 Å². The number of aryl methyl sites for hydroxylation is 3. The molecule has 0 aliphatic carbocycles. The number of thiazole rings is 1. The van der Waals surface area contributed by atoms with E-state index in [1.54, 1.807) is 6.92 Å². The number of nitrogens with one attached hydrogen (secondary N) is 1. The standard InChI is InChI=1S/C13H18N4O2S/c1-7(2)12-8(3)20-13(16-12)15-10(18)5-6-11-14-9(4)17-19-11/h7H,5-6H2,1-4H3,(H,15,16,18). The van der Waals surface area contributed by atoms with Crippen LogP contribution in [0, 0.1) is 13.8 Å². The fraction of sp³-hybridized carbons (Fsp3) is 0.538. The molecule has 0 unspecified atom stereocenters. The summed E-state index contributed by atoms with van der Waals surface area (Å²) in [6, 6.07) is 0. The van der Waals surface area contributed by atoms with Gasteiger partial charge in [0.25, 0.3) is 0 Å². The Morgan fingerprint density at radius 1 is 1.35 bits per heavy atom. The maximum atomic E-state index is 11.8. The average Bonchev–Trinajstić information content (AvgIpc) is 2.93. The minimum atomic E-state index is -0.0927. The summed E-state index contributed by atoms with van der Waals surface area (Å²) in [5.74, 6) is 1.33. The summed E-state index contributed by atoms with van der Waals surface area (Å²) >= 11 is 1.50. The molecular formula is C13H18N4O2S. The molecule has 2 aromatic rings. The average molecular weight is 294 g/mol. The summed E-state index contributed by atoms with van der Waals surface area (Å²) in [6.07, 6.45) is 0.741. The molecule has 0 radical (unpaired) electrons. The van der Waals surface area contributed by atoms with E-state index in [1.807, 2.05) is 6.92 Å². The van der Waals surface area contributed by atoms with Crippen molar-refractivity contribution in [2.24, 2.45) is 0 Å². The van der Waals surface area contributed by atoms with E-state index in [1.165, 1.54) is 11.3 Å². The predicted octanol–water partition coefficient (Wildman–Crippen LogP) is 2.84. The van der Waals surface area contributed by atoms with Gasteiger partial charge in [-0.2, -0.15) is 4.98 Å². The molecule has 0 bridgehead atoms. The smallest absolute Gasteiger partial charge is 0.227 e. The minimum Gasteiger partial charge on any atom is -0.339 e. The topological polar surface area (TPSA) is 80.9 Å². The number of carbonyl (C=O) groups is 1. The Labute approximate surface area is 121 Å². The van der Waals surface area contributed by atoms with Crippen molar-refractivity contribution in [1.82, 2.24) is 15.1 Å². The number of rotatable bonds is 5. The first-order valence-corrected chi connectivity index (χ1v) is 7.33. The van der Waals surface area contributed by atoms with E-state index < -0.39 is 0 Å². The highest BCUT2D eigenvalue weighted by Crippen LogP contribution is 2.27. The third-order valence-electron chi connectivity index (χ3n) is 2.76. The van der Waals surface area contributed by atoms with Crippen molar-refractivity contribution >= 4 is 22.4 Å². The zero-order valence-corrected chi connectivity index (χ0v) is 12.9. The van der Waals surface area contributed by atoms with Gasteiger partial charge in [-0.3, -0.25) is 4.79 Å². The van der Waals surface area contributed by atoms with Crippen molar-refractivity contribution in [1.29, 1.82) is 0 Å². The molecule has 2 rings (SSSR count). The molecule has 7 heteroatoms. The van der Waals surface area contributed by atoms with Crippen LogP contribution in [0.15, 0.2) is 4.52 Å². The van der Waals surface area contributed by atoms with Crippen LogP contribution in [0.5, 0.6) is 0 Å². The van der Waals surface area contributed by atoms with E-state index in [0.717, 1.165) is 10.6 Å². The molecule has 0 aliphatic rings. The number of amides is 1. The Morgan fingerprint density at radius 3 is 2.65 bits per heavy atom. The Hall–Kier alpha value is -1.76. The molecule has 0 spiro atoms. The van der Waals surface area contributed by atoms with Gasteiger partial charge in [0.05, 0.1) is 5.69 Å². The highest BCUT2D eigenvalue weighted by molar-refractivity contribution is 7.15. The maximum Gasteiger partial charge on any atom is 0.227 e. The molecule has 20 heavy (non-hydrogen) atoms. The zero-order chi connectivity index (χ0) is 14.7. The molecule has 6 nitrogen and oxygen atoms in total. The van der Waals surface area contributed by atoms with Crippen molar-refractivity contribution < 1.29 is 9.32 Å². The second-order valence-corrected chi connectivity index (χ2v) is 6.10. The van der Waals surface area contributed by atoms with Gasteiger partial charge in [0.1, 0.15) is 0 Å². The molecule has 0 fully saturated rings. The highest BCUT2D eigenvalue weighted by atomic mass is 32.1. The molecule has 2 aromatic heterocycles. The Kier molecular flexibility index (Phi) is 4.49. The zero-order valence-electron chi connectivity index (χ0n) is 12.1. The third kappa shape index (κ3) is 3.63. The predicted molar refractivity (Wildman–Crippen MR) is 76.9 cm³/mol. The van der Waals surface area contributed by atoms with Gasteiger partial charge < -0.3 is 9.84 Å². The van der Waals surface area contributed by atoms with Crippen LogP contribution < -0.4 is 5.32 Å². The first kappa shape index (κ1) is 14.6. The first-order chi connectivity index (χ1) is 9.45. The van der Waals surface area contributed by atoms with Crippen molar-refractivity contribution in [3.05, 3.63) is 22.3 Å². The van der Waals surface area contributed by atoms with Crippen LogP contribution >= 0.6 is 11.3 Å². The van der Waals surface area contributed by atoms with Crippen LogP contribution in [0.4, 0.5) is 5.13 Å². The van der Waals surface area contributed by atoms with Crippen LogP contribution in [0.25, 0.3) is 0 Å². The van der Waals surface area contributed by atoms with Gasteiger partial charge in [0, 0.05) is 17.7 Å². The van der Waals surface area contributed by atoms with Crippen molar-refractivity contribution in [3.8, 4) is 0 Å². The lowest BCUT2D eigenvalue weighted by atomic mass is 10.1. The van der Waals surface area contributed by atoms with E-state index in [0.29, 0.717) is 35.6 Å². The Morgan fingerprint density at radius 2 is 2.10 bits per heavy atom. The molecule has 0 atom stereocenters. The van der Waals surface area contributed by atoms with E-state index in [4.69, 9.17) is 4.52 Å². The van der Waals surface area contributed by atoms with Crippen LogP contribution in [-0.2, 0) is 11.2 Å². The molecule has 1 amide bonds. The van der Waals surface area contributed by atoms with Crippen LogP contribution in [0.3, 0.4) is 0 Å². The molecule has 2 heterocycles. The summed E-state index contributed by atoms with van der Waals surface area (Å²) < 4.78 is 4.97. The summed E-state index contributed by atoms with van der Waals surface area (Å²) in [6.45, 7) is 7.94. The van der Waals surface area contributed by atoms with Crippen molar-refractivity contribution in [2.75, 3.05) is 5.32 Å². The van der Waals surface area contributed by atoms with Crippen LogP contribution in [0.2, 0.25) is 0 Å². The van der Waals surface area contributed by atoms with E-state index in [-0.39, 0.29) is 5.91 Å². The van der Waals surface area contributed by atoms with Gasteiger partial charge in [-0.05, 0) is 19.8 Å². The van der Waals surface area contributed by atoms with Crippen LogP contribution in [0.1, 0.15) is 48.5 Å². The Balaban J connectivity index is 1.89. The fourth-order valence-corrected chi connectivity index (χ4v) is 2.83. The highest BCUT2D eigenvalue weighted by Gasteiger charge is 2.13. The fourth-order valence-electron chi connectivity index (χ4n) is 1.84.